The van der Waals surface area contributed by atoms with E-state index in [-0.39, 0.29) is 5.41 Å². The fourth-order valence-electron chi connectivity index (χ4n) is 7.90. The first-order valence-corrected chi connectivity index (χ1v) is 16.2. The average Bonchev–Trinajstić information content (AvgIpc) is 3.19. The number of fused-ring (bicyclic) bond motifs is 2. The lowest BCUT2D eigenvalue weighted by Crippen LogP contribution is -2.28. The maximum atomic E-state index is 6.09. The molecule has 0 amide bonds. The number of nitrogens with one attached hydrogen (secondary N) is 1. The van der Waals surface area contributed by atoms with Crippen molar-refractivity contribution in [3.05, 3.63) is 157 Å². The van der Waals surface area contributed by atoms with Crippen molar-refractivity contribution >= 4 is 17.3 Å². The van der Waals surface area contributed by atoms with Crippen LogP contribution in [0.5, 0.6) is 0 Å². The van der Waals surface area contributed by atoms with Gasteiger partial charge in [0.2, 0.25) is 0 Å². The Balaban J connectivity index is 1.40. The summed E-state index contributed by atoms with van der Waals surface area (Å²) in [5.41, 5.74) is 20.6. The summed E-state index contributed by atoms with van der Waals surface area (Å²) in [6, 6.07) is 21.9. The molecule has 0 saturated carbocycles. The van der Waals surface area contributed by atoms with Crippen LogP contribution in [0.2, 0.25) is 0 Å². The van der Waals surface area contributed by atoms with Crippen molar-refractivity contribution in [1.29, 1.82) is 0 Å². The van der Waals surface area contributed by atoms with E-state index in [0.29, 0.717) is 11.8 Å². The molecule has 212 valence electrons. The normalized spacial score (nSPS) is 25.3. The molecule has 2 aromatic rings. The number of rotatable bonds is 4. The minimum Gasteiger partial charge on any atom is -0.405 e. The highest BCUT2D eigenvalue weighted by Crippen LogP contribution is 2.60. The molecule has 0 spiro atoms. The zero-order valence-corrected chi connectivity index (χ0v) is 25.7. The molecular weight excluding hydrogens is 529 g/mol. The number of nitrogens with two attached hydrogens (primary N) is 1. The van der Waals surface area contributed by atoms with E-state index in [9.17, 15) is 0 Å². The second-order valence-corrected chi connectivity index (χ2v) is 13.7. The fourth-order valence-corrected chi connectivity index (χ4v) is 9.21. The first-order valence-electron chi connectivity index (χ1n) is 15.4. The molecular formula is C39H40N2S. The lowest BCUT2D eigenvalue weighted by Gasteiger charge is -2.33. The van der Waals surface area contributed by atoms with Crippen LogP contribution < -0.4 is 11.1 Å². The largest absolute Gasteiger partial charge is 0.405 e. The van der Waals surface area contributed by atoms with Crippen LogP contribution in [0.3, 0.4) is 0 Å². The third-order valence-corrected chi connectivity index (χ3v) is 11.2. The molecule has 3 heteroatoms. The summed E-state index contributed by atoms with van der Waals surface area (Å²) < 4.78 is 0. The Kier molecular flexibility index (Phi) is 7.12. The van der Waals surface area contributed by atoms with Crippen LogP contribution in [-0.4, -0.2) is 13.1 Å². The summed E-state index contributed by atoms with van der Waals surface area (Å²) in [7, 11) is 0. The molecule has 2 heterocycles. The van der Waals surface area contributed by atoms with Gasteiger partial charge in [0.1, 0.15) is 0 Å². The molecule has 7 rings (SSSR count). The summed E-state index contributed by atoms with van der Waals surface area (Å²) in [5, 5.41) is 3.70. The van der Waals surface area contributed by atoms with Crippen molar-refractivity contribution in [3.63, 3.8) is 0 Å². The van der Waals surface area contributed by atoms with Crippen molar-refractivity contribution in [2.75, 3.05) is 13.1 Å². The van der Waals surface area contributed by atoms with E-state index < -0.39 is 0 Å². The lowest BCUT2D eigenvalue weighted by atomic mass is 9.74. The first kappa shape index (κ1) is 27.3. The molecule has 0 radical (unpaired) electrons. The lowest BCUT2D eigenvalue weighted by molar-refractivity contribution is 0.508. The fraction of sp³-hybridized carbons (Fsp3) is 0.282. The van der Waals surface area contributed by atoms with Crippen molar-refractivity contribution in [1.82, 2.24) is 5.32 Å². The van der Waals surface area contributed by atoms with Crippen LogP contribution >= 0.6 is 11.8 Å². The summed E-state index contributed by atoms with van der Waals surface area (Å²) >= 11 is 1.96. The van der Waals surface area contributed by atoms with E-state index in [4.69, 9.17) is 5.73 Å². The Morgan fingerprint density at radius 1 is 1.02 bits per heavy atom. The molecule has 0 fully saturated rings. The van der Waals surface area contributed by atoms with E-state index in [0.717, 1.165) is 32.4 Å². The Labute approximate surface area is 255 Å². The monoisotopic (exact) mass is 568 g/mol. The molecule has 2 aromatic carbocycles. The van der Waals surface area contributed by atoms with E-state index in [1.165, 1.54) is 59.9 Å². The van der Waals surface area contributed by atoms with Crippen molar-refractivity contribution < 1.29 is 0 Å². The van der Waals surface area contributed by atoms with E-state index in [2.05, 4.69) is 117 Å². The first-order chi connectivity index (χ1) is 20.5. The van der Waals surface area contributed by atoms with Gasteiger partial charge < -0.3 is 11.1 Å². The Morgan fingerprint density at radius 3 is 2.55 bits per heavy atom. The van der Waals surface area contributed by atoms with Crippen LogP contribution in [0.15, 0.2) is 146 Å². The van der Waals surface area contributed by atoms with Crippen LogP contribution in [0.1, 0.15) is 57.1 Å². The second-order valence-electron chi connectivity index (χ2n) is 12.6. The smallest absolute Gasteiger partial charge is 0.0211 e. The highest BCUT2D eigenvalue weighted by atomic mass is 32.2. The number of allylic oxidation sites excluding steroid dienone is 11. The SMILES string of the molecule is CC1=C(/C=C\N)SC2=C(C=CCC2C2=CC(c3ccccc3)=CC(c3ccccc3)C2)C2=C1C(C)(C)C1=C2CNCC1. The third kappa shape index (κ3) is 4.55. The van der Waals surface area contributed by atoms with Crippen molar-refractivity contribution in [2.24, 2.45) is 17.1 Å². The van der Waals surface area contributed by atoms with Gasteiger partial charge in [-0.3, -0.25) is 0 Å². The molecule has 2 unspecified atom stereocenters. The van der Waals surface area contributed by atoms with Gasteiger partial charge in [-0.15, -0.1) is 0 Å². The van der Waals surface area contributed by atoms with Gasteiger partial charge >= 0.3 is 0 Å². The van der Waals surface area contributed by atoms with Gasteiger partial charge in [0, 0.05) is 33.6 Å². The Hall–Kier alpha value is -3.53. The van der Waals surface area contributed by atoms with E-state index in [1.54, 1.807) is 11.8 Å². The predicted octanol–water partition coefficient (Wildman–Crippen LogP) is 9.13. The Morgan fingerprint density at radius 2 is 1.79 bits per heavy atom. The van der Waals surface area contributed by atoms with Gasteiger partial charge in [0.05, 0.1) is 0 Å². The van der Waals surface area contributed by atoms with Crippen molar-refractivity contribution in [2.45, 2.75) is 46.0 Å². The highest BCUT2D eigenvalue weighted by molar-refractivity contribution is 8.07. The zero-order valence-electron chi connectivity index (χ0n) is 24.9. The maximum absolute atomic E-state index is 6.09. The topological polar surface area (TPSA) is 38.0 Å². The van der Waals surface area contributed by atoms with Crippen LogP contribution in [0.4, 0.5) is 0 Å². The zero-order chi connectivity index (χ0) is 28.8. The summed E-state index contributed by atoms with van der Waals surface area (Å²) in [4.78, 5) is 2.77. The number of benzene rings is 2. The standard InChI is InChI=1S/C39H40N2S/c1-25-35(17-19-40)42-38-31(15-10-16-32(38)36-33-24-41-20-18-34(33)39(2,3)37(25)36)30-22-28(26-11-6-4-7-12-26)21-29(23-30)27-13-8-5-9-14-27/h4-14,16-17,19,21-22,29,31,41H,15,18,20,23-24,40H2,1-3H3/b19-17-. The summed E-state index contributed by atoms with van der Waals surface area (Å²) in [6.07, 6.45) is 16.9. The van der Waals surface area contributed by atoms with Crippen LogP contribution in [0, 0.1) is 11.3 Å². The van der Waals surface area contributed by atoms with E-state index >= 15 is 0 Å². The molecule has 3 N–H and O–H groups in total. The second kappa shape index (κ2) is 10.9. The van der Waals surface area contributed by atoms with Crippen LogP contribution in [-0.2, 0) is 0 Å². The van der Waals surface area contributed by atoms with Crippen molar-refractivity contribution in [3.8, 4) is 0 Å². The van der Waals surface area contributed by atoms with Gasteiger partial charge in [-0.25, -0.2) is 0 Å². The molecule has 2 aliphatic heterocycles. The van der Waals surface area contributed by atoms with Gasteiger partial charge in [-0.1, -0.05) is 122 Å². The molecule has 0 bridgehead atoms. The quantitative estimate of drug-likeness (QED) is 0.386. The maximum Gasteiger partial charge on any atom is 0.0211 e. The van der Waals surface area contributed by atoms with Gasteiger partial charge in [-0.05, 0) is 89.6 Å². The Bertz CT molecular complexity index is 1670. The third-order valence-electron chi connectivity index (χ3n) is 9.83. The van der Waals surface area contributed by atoms with Gasteiger partial charge in [0.25, 0.3) is 0 Å². The summed E-state index contributed by atoms with van der Waals surface area (Å²) in [6.45, 7) is 9.21. The average molecular weight is 569 g/mol. The van der Waals surface area contributed by atoms with E-state index in [1.807, 2.05) is 11.8 Å². The molecule has 2 atom stereocenters. The molecule has 3 aliphatic carbocycles. The minimum absolute atomic E-state index is 0.0139. The minimum atomic E-state index is 0.0139. The summed E-state index contributed by atoms with van der Waals surface area (Å²) in [5.74, 6) is 0.684. The number of hydrogen-bond acceptors (Lipinski definition) is 3. The van der Waals surface area contributed by atoms with Gasteiger partial charge in [0.15, 0.2) is 0 Å². The molecule has 5 aliphatic rings. The highest BCUT2D eigenvalue weighted by Gasteiger charge is 2.45. The molecule has 42 heavy (non-hydrogen) atoms. The van der Waals surface area contributed by atoms with Gasteiger partial charge in [-0.2, -0.15) is 0 Å². The molecule has 2 nitrogen and oxygen atoms in total. The predicted molar refractivity (Wildman–Crippen MR) is 180 cm³/mol. The van der Waals surface area contributed by atoms with Crippen LogP contribution in [0.25, 0.3) is 5.57 Å². The number of hydrogen-bond donors (Lipinski definition) is 2. The number of thioether (sulfide) groups is 1. The molecule has 0 aromatic heterocycles. The molecule has 0 saturated heterocycles.